The molecule has 3 heteroatoms. The van der Waals surface area contributed by atoms with E-state index in [4.69, 9.17) is 0 Å². The van der Waals surface area contributed by atoms with E-state index in [9.17, 15) is 4.79 Å². The zero-order valence-electron chi connectivity index (χ0n) is 8.81. The zero-order chi connectivity index (χ0) is 11.4. The number of pyridine rings is 1. The average Bonchev–Trinajstić information content (AvgIpc) is 2.87. The Labute approximate surface area is 101 Å². The van der Waals surface area contributed by atoms with Crippen molar-refractivity contribution in [2.45, 2.75) is 0 Å². The third kappa shape index (κ3) is 1.20. The first-order valence-corrected chi connectivity index (χ1v) is 6.19. The van der Waals surface area contributed by atoms with Crippen LogP contribution in [0.4, 0.5) is 0 Å². The van der Waals surface area contributed by atoms with Crippen molar-refractivity contribution in [3.63, 3.8) is 0 Å². The fourth-order valence-electron chi connectivity index (χ4n) is 2.11. The number of nitrogens with zero attached hydrogens (tertiary/aromatic N) is 1. The Morgan fingerprint density at radius 1 is 1.12 bits per heavy atom. The van der Waals surface area contributed by atoms with Crippen LogP contribution in [0.1, 0.15) is 0 Å². The van der Waals surface area contributed by atoms with Crippen LogP contribution in [0.15, 0.2) is 47.4 Å². The molecule has 0 spiro atoms. The minimum atomic E-state index is 0.148. The first-order valence-electron chi connectivity index (χ1n) is 5.37. The highest BCUT2D eigenvalue weighted by atomic mass is 32.1. The summed E-state index contributed by atoms with van der Waals surface area (Å²) in [5.74, 6) is 0. The molecule has 2 aromatic heterocycles. The molecule has 0 aliphatic rings. The second-order valence-electron chi connectivity index (χ2n) is 4.06. The molecule has 0 saturated carbocycles. The van der Waals surface area contributed by atoms with Crippen molar-refractivity contribution in [3.8, 4) is 10.6 Å². The van der Waals surface area contributed by atoms with Gasteiger partial charge in [0, 0.05) is 16.3 Å². The highest BCUT2D eigenvalue weighted by Gasteiger charge is 2.19. The fraction of sp³-hybridized carbons (Fsp3) is 0. The van der Waals surface area contributed by atoms with Gasteiger partial charge in [0.2, 0.25) is 0 Å². The van der Waals surface area contributed by atoms with Crippen LogP contribution in [0, 0.1) is 0 Å². The van der Waals surface area contributed by atoms with E-state index in [1.807, 2.05) is 12.1 Å². The van der Waals surface area contributed by atoms with Gasteiger partial charge in [-0.05, 0) is 23.6 Å². The molecule has 0 unspecified atom stereocenters. The maximum atomic E-state index is 11.5. The standard InChI is InChI=1S/C14H7NOS/c16-14-9-5-6-15-13(12(9)14)11-7-8-3-1-2-4-10(8)17-11/h1-7H. The Kier molecular flexibility index (Phi) is 1.61. The average molecular weight is 237 g/mol. The van der Waals surface area contributed by atoms with Crippen molar-refractivity contribution in [2.24, 2.45) is 0 Å². The number of hydrogen-bond donors (Lipinski definition) is 0. The van der Waals surface area contributed by atoms with Gasteiger partial charge in [-0.3, -0.25) is 9.78 Å². The highest BCUT2D eigenvalue weighted by Crippen LogP contribution is 2.36. The van der Waals surface area contributed by atoms with Crippen LogP contribution in [0.2, 0.25) is 0 Å². The second kappa shape index (κ2) is 3.02. The molecule has 2 nitrogen and oxygen atoms in total. The van der Waals surface area contributed by atoms with E-state index in [1.54, 1.807) is 23.6 Å². The largest absolute Gasteiger partial charge is 0.288 e. The van der Waals surface area contributed by atoms with E-state index < -0.39 is 0 Å². The fourth-order valence-corrected chi connectivity index (χ4v) is 3.18. The highest BCUT2D eigenvalue weighted by molar-refractivity contribution is 7.22. The lowest BCUT2D eigenvalue weighted by atomic mass is 10.2. The normalized spacial score (nSPS) is 11.8. The van der Waals surface area contributed by atoms with Gasteiger partial charge >= 0.3 is 0 Å². The summed E-state index contributed by atoms with van der Waals surface area (Å²) in [5.41, 5.74) is 0.989. The maximum absolute atomic E-state index is 11.5. The van der Waals surface area contributed by atoms with Crippen molar-refractivity contribution in [1.82, 2.24) is 4.98 Å². The molecular weight excluding hydrogens is 230 g/mol. The van der Waals surface area contributed by atoms with Gasteiger partial charge in [0.25, 0.3) is 0 Å². The number of aromatic nitrogens is 1. The molecule has 0 radical (unpaired) electrons. The first kappa shape index (κ1) is 9.07. The SMILES string of the molecule is O=c1c2ccnc(-c3cc4ccccc4s3)c12. The van der Waals surface area contributed by atoms with E-state index in [0.29, 0.717) is 0 Å². The summed E-state index contributed by atoms with van der Waals surface area (Å²) in [6, 6.07) is 12.1. The van der Waals surface area contributed by atoms with Crippen LogP contribution in [-0.2, 0) is 0 Å². The Hall–Kier alpha value is -2.00. The van der Waals surface area contributed by atoms with E-state index in [2.05, 4.69) is 23.2 Å². The van der Waals surface area contributed by atoms with Crippen LogP contribution in [0.25, 0.3) is 31.4 Å². The quantitative estimate of drug-likeness (QED) is 0.508. The minimum Gasteiger partial charge on any atom is -0.288 e. The van der Waals surface area contributed by atoms with E-state index in [0.717, 1.165) is 21.3 Å². The summed E-state index contributed by atoms with van der Waals surface area (Å²) in [5, 5.41) is 2.84. The molecule has 17 heavy (non-hydrogen) atoms. The van der Waals surface area contributed by atoms with Gasteiger partial charge in [0.15, 0.2) is 5.43 Å². The Bertz CT molecular complexity index is 832. The molecule has 0 atom stereocenters. The summed E-state index contributed by atoms with van der Waals surface area (Å²) in [6.07, 6.45) is 1.71. The van der Waals surface area contributed by atoms with Crippen LogP contribution in [0.5, 0.6) is 0 Å². The lowest BCUT2D eigenvalue weighted by Gasteiger charge is -1.91. The summed E-state index contributed by atoms with van der Waals surface area (Å²) in [7, 11) is 0. The number of rotatable bonds is 1. The Morgan fingerprint density at radius 3 is 2.88 bits per heavy atom. The van der Waals surface area contributed by atoms with Crippen molar-refractivity contribution in [1.29, 1.82) is 0 Å². The van der Waals surface area contributed by atoms with Gasteiger partial charge in [-0.2, -0.15) is 0 Å². The van der Waals surface area contributed by atoms with Crippen LogP contribution < -0.4 is 5.43 Å². The first-order chi connectivity index (χ1) is 8.34. The molecule has 0 fully saturated rings. The van der Waals surface area contributed by atoms with Crippen molar-refractivity contribution in [2.75, 3.05) is 0 Å². The molecule has 4 rings (SSSR count). The Balaban J connectivity index is 2.03. The summed E-state index contributed by atoms with van der Waals surface area (Å²) in [6.45, 7) is 0. The van der Waals surface area contributed by atoms with E-state index in [-0.39, 0.29) is 5.43 Å². The number of fused-ring (bicyclic) bond motifs is 2. The minimum absolute atomic E-state index is 0.148. The molecule has 4 aromatic rings. The molecule has 80 valence electrons. The molecule has 0 aliphatic carbocycles. The summed E-state index contributed by atoms with van der Waals surface area (Å²) >= 11 is 1.69. The molecule has 2 aromatic carbocycles. The maximum Gasteiger partial charge on any atom is 0.196 e. The topological polar surface area (TPSA) is 30.0 Å². The number of thiophene rings is 1. The summed E-state index contributed by atoms with van der Waals surface area (Å²) in [4.78, 5) is 16.9. The molecular formula is C14H7NOS. The van der Waals surface area contributed by atoms with Gasteiger partial charge in [0.05, 0.1) is 16.0 Å². The van der Waals surface area contributed by atoms with E-state index >= 15 is 0 Å². The molecule has 0 N–H and O–H groups in total. The van der Waals surface area contributed by atoms with Crippen molar-refractivity contribution < 1.29 is 0 Å². The third-order valence-corrected chi connectivity index (χ3v) is 4.14. The second-order valence-corrected chi connectivity index (χ2v) is 5.14. The number of hydrogen-bond acceptors (Lipinski definition) is 3. The van der Waals surface area contributed by atoms with Crippen LogP contribution in [-0.4, -0.2) is 4.98 Å². The molecule has 0 amide bonds. The molecule has 0 aliphatic heterocycles. The molecule has 0 bridgehead atoms. The van der Waals surface area contributed by atoms with Crippen LogP contribution in [0.3, 0.4) is 0 Å². The lowest BCUT2D eigenvalue weighted by molar-refractivity contribution is 1.39. The van der Waals surface area contributed by atoms with Gasteiger partial charge in [-0.1, -0.05) is 18.2 Å². The summed E-state index contributed by atoms with van der Waals surface area (Å²) < 4.78 is 1.23. The monoisotopic (exact) mass is 237 g/mol. The van der Waals surface area contributed by atoms with Gasteiger partial charge in [0.1, 0.15) is 0 Å². The zero-order valence-corrected chi connectivity index (χ0v) is 9.62. The Morgan fingerprint density at radius 2 is 2.00 bits per heavy atom. The molecule has 2 heterocycles. The van der Waals surface area contributed by atoms with Crippen LogP contribution >= 0.6 is 11.3 Å². The van der Waals surface area contributed by atoms with E-state index in [1.165, 1.54) is 10.1 Å². The van der Waals surface area contributed by atoms with Gasteiger partial charge in [-0.25, -0.2) is 0 Å². The molecule has 0 saturated heterocycles. The predicted molar refractivity (Wildman–Crippen MR) is 71.2 cm³/mol. The predicted octanol–water partition coefficient (Wildman–Crippen LogP) is 3.35. The van der Waals surface area contributed by atoms with Crippen molar-refractivity contribution in [3.05, 3.63) is 52.8 Å². The van der Waals surface area contributed by atoms with Gasteiger partial charge in [-0.15, -0.1) is 11.3 Å². The van der Waals surface area contributed by atoms with Gasteiger partial charge < -0.3 is 0 Å². The number of benzene rings is 1. The third-order valence-electron chi connectivity index (χ3n) is 3.02. The smallest absolute Gasteiger partial charge is 0.196 e. The van der Waals surface area contributed by atoms with Crippen molar-refractivity contribution >= 4 is 32.2 Å². The lowest BCUT2D eigenvalue weighted by Crippen LogP contribution is -1.76.